The zero-order valence-electron chi connectivity index (χ0n) is 10.3. The third-order valence-corrected chi connectivity index (χ3v) is 3.27. The Kier molecular flexibility index (Phi) is 2.79. The van der Waals surface area contributed by atoms with Crippen molar-refractivity contribution in [3.63, 3.8) is 0 Å². The van der Waals surface area contributed by atoms with Crippen molar-refractivity contribution in [3.05, 3.63) is 35.4 Å². The number of ether oxygens (including phenoxy) is 1. The first-order chi connectivity index (χ1) is 9.53. The van der Waals surface area contributed by atoms with Crippen molar-refractivity contribution < 1.29 is 28.3 Å². The molecule has 0 N–H and O–H groups in total. The SMILES string of the molecule is O=C1c2ccccc2C(=O)N1OC(=O)C1(F)CCOC1. The average Bonchev–Trinajstić information content (AvgIpc) is 2.99. The molecule has 7 heteroatoms. The maximum absolute atomic E-state index is 14.1. The number of hydroxylamine groups is 2. The highest BCUT2D eigenvalue weighted by molar-refractivity contribution is 6.20. The fourth-order valence-corrected chi connectivity index (χ4v) is 2.12. The first kappa shape index (κ1) is 12.7. The van der Waals surface area contributed by atoms with Crippen LogP contribution in [0.4, 0.5) is 4.39 Å². The van der Waals surface area contributed by atoms with E-state index in [9.17, 15) is 18.8 Å². The number of alkyl halides is 1. The van der Waals surface area contributed by atoms with Gasteiger partial charge in [0.2, 0.25) is 5.67 Å². The average molecular weight is 279 g/mol. The van der Waals surface area contributed by atoms with Gasteiger partial charge in [0.25, 0.3) is 11.8 Å². The Morgan fingerprint density at radius 1 is 1.25 bits per heavy atom. The molecule has 1 aromatic carbocycles. The van der Waals surface area contributed by atoms with Crippen LogP contribution < -0.4 is 0 Å². The van der Waals surface area contributed by atoms with Gasteiger partial charge in [0.05, 0.1) is 24.3 Å². The fourth-order valence-electron chi connectivity index (χ4n) is 2.12. The van der Waals surface area contributed by atoms with Crippen LogP contribution >= 0.6 is 0 Å². The minimum Gasteiger partial charge on any atom is -0.377 e. The molecule has 0 radical (unpaired) electrons. The molecule has 0 bridgehead atoms. The summed E-state index contributed by atoms with van der Waals surface area (Å²) in [6.07, 6.45) is -0.158. The lowest BCUT2D eigenvalue weighted by molar-refractivity contribution is -0.182. The van der Waals surface area contributed by atoms with Gasteiger partial charge in [0, 0.05) is 6.42 Å². The quantitative estimate of drug-likeness (QED) is 0.751. The molecule has 20 heavy (non-hydrogen) atoms. The lowest BCUT2D eigenvalue weighted by Crippen LogP contribution is -2.42. The predicted molar refractivity (Wildman–Crippen MR) is 62.3 cm³/mol. The van der Waals surface area contributed by atoms with Crippen molar-refractivity contribution >= 4 is 17.8 Å². The van der Waals surface area contributed by atoms with Crippen molar-refractivity contribution in [3.8, 4) is 0 Å². The summed E-state index contributed by atoms with van der Waals surface area (Å²) < 4.78 is 18.9. The van der Waals surface area contributed by atoms with E-state index >= 15 is 0 Å². The van der Waals surface area contributed by atoms with Crippen LogP contribution in [0.15, 0.2) is 24.3 Å². The number of nitrogens with zero attached hydrogens (tertiary/aromatic N) is 1. The molecule has 2 aliphatic heterocycles. The normalized spacial score (nSPS) is 24.9. The third-order valence-electron chi connectivity index (χ3n) is 3.27. The van der Waals surface area contributed by atoms with E-state index in [2.05, 4.69) is 4.84 Å². The summed E-state index contributed by atoms with van der Waals surface area (Å²) in [5.41, 5.74) is -2.06. The maximum Gasteiger partial charge on any atom is 0.372 e. The van der Waals surface area contributed by atoms with Gasteiger partial charge in [-0.15, -0.1) is 0 Å². The van der Waals surface area contributed by atoms with Crippen molar-refractivity contribution in [2.75, 3.05) is 13.2 Å². The molecule has 6 nitrogen and oxygen atoms in total. The number of halogens is 1. The molecule has 1 atom stereocenters. The second-order valence-corrected chi connectivity index (χ2v) is 4.60. The predicted octanol–water partition coefficient (Wildman–Crippen LogP) is 0.869. The number of amides is 2. The summed E-state index contributed by atoms with van der Waals surface area (Å²) in [5, 5.41) is 0.298. The Hall–Kier alpha value is -2.28. The molecule has 0 aliphatic carbocycles. The fraction of sp³-hybridized carbons (Fsp3) is 0.308. The number of carbonyl (C=O) groups is 3. The molecule has 3 rings (SSSR count). The van der Waals surface area contributed by atoms with Gasteiger partial charge >= 0.3 is 5.97 Å². The lowest BCUT2D eigenvalue weighted by Gasteiger charge is -2.19. The van der Waals surface area contributed by atoms with E-state index in [0.29, 0.717) is 5.06 Å². The molecule has 0 saturated carbocycles. The van der Waals surface area contributed by atoms with Crippen LogP contribution in [-0.2, 0) is 14.4 Å². The zero-order valence-corrected chi connectivity index (χ0v) is 10.3. The van der Waals surface area contributed by atoms with Crippen LogP contribution in [0, 0.1) is 0 Å². The molecule has 2 aliphatic rings. The topological polar surface area (TPSA) is 72.9 Å². The molecule has 1 saturated heterocycles. The van der Waals surface area contributed by atoms with E-state index in [-0.39, 0.29) is 24.2 Å². The molecule has 1 fully saturated rings. The van der Waals surface area contributed by atoms with Crippen LogP contribution in [0.3, 0.4) is 0 Å². The van der Waals surface area contributed by atoms with Crippen molar-refractivity contribution in [1.82, 2.24) is 5.06 Å². The van der Waals surface area contributed by atoms with E-state index in [1.165, 1.54) is 12.1 Å². The second-order valence-electron chi connectivity index (χ2n) is 4.60. The molecule has 1 aromatic rings. The van der Waals surface area contributed by atoms with E-state index < -0.39 is 30.1 Å². The third kappa shape index (κ3) is 1.78. The summed E-state index contributed by atoms with van der Waals surface area (Å²) in [4.78, 5) is 40.3. The second kappa shape index (κ2) is 4.38. The highest BCUT2D eigenvalue weighted by Gasteiger charge is 2.48. The number of hydrogen-bond donors (Lipinski definition) is 0. The van der Waals surface area contributed by atoms with Gasteiger partial charge in [-0.1, -0.05) is 17.2 Å². The van der Waals surface area contributed by atoms with Gasteiger partial charge in [0.1, 0.15) is 0 Å². The molecular weight excluding hydrogens is 269 g/mol. The van der Waals surface area contributed by atoms with E-state index in [1.807, 2.05) is 0 Å². The Labute approximate surface area is 113 Å². The number of benzene rings is 1. The van der Waals surface area contributed by atoms with E-state index in [4.69, 9.17) is 4.74 Å². The number of carbonyl (C=O) groups excluding carboxylic acids is 3. The van der Waals surface area contributed by atoms with Gasteiger partial charge in [-0.05, 0) is 12.1 Å². The van der Waals surface area contributed by atoms with Crippen molar-refractivity contribution in [1.29, 1.82) is 0 Å². The van der Waals surface area contributed by atoms with Gasteiger partial charge < -0.3 is 9.57 Å². The van der Waals surface area contributed by atoms with E-state index in [0.717, 1.165) is 0 Å². The molecule has 104 valence electrons. The van der Waals surface area contributed by atoms with Gasteiger partial charge in [-0.2, -0.15) is 0 Å². The Morgan fingerprint density at radius 3 is 2.35 bits per heavy atom. The van der Waals surface area contributed by atoms with Crippen LogP contribution in [0.2, 0.25) is 0 Å². The van der Waals surface area contributed by atoms with Crippen LogP contribution in [-0.4, -0.2) is 41.7 Å². The highest BCUT2D eigenvalue weighted by Crippen LogP contribution is 2.28. The van der Waals surface area contributed by atoms with Gasteiger partial charge in [-0.25, -0.2) is 9.18 Å². The standard InChI is InChI=1S/C13H10FNO5/c14-13(5-6-19-7-13)12(18)20-15-10(16)8-3-1-2-4-9(8)11(15)17/h1-4H,5-7H2. The monoisotopic (exact) mass is 279 g/mol. The largest absolute Gasteiger partial charge is 0.377 e. The van der Waals surface area contributed by atoms with Gasteiger partial charge in [0.15, 0.2) is 0 Å². The molecule has 0 aromatic heterocycles. The van der Waals surface area contributed by atoms with E-state index in [1.54, 1.807) is 12.1 Å². The molecule has 0 spiro atoms. The van der Waals surface area contributed by atoms with Crippen molar-refractivity contribution in [2.45, 2.75) is 12.1 Å². The summed E-state index contributed by atoms with van der Waals surface area (Å²) in [6, 6.07) is 6.04. The first-order valence-corrected chi connectivity index (χ1v) is 6.00. The van der Waals surface area contributed by atoms with Gasteiger partial charge in [-0.3, -0.25) is 9.59 Å². The van der Waals surface area contributed by atoms with Crippen LogP contribution in [0.5, 0.6) is 0 Å². The first-order valence-electron chi connectivity index (χ1n) is 6.00. The Balaban J connectivity index is 1.82. The number of imide groups is 1. The lowest BCUT2D eigenvalue weighted by atomic mass is 10.1. The minimum atomic E-state index is -2.31. The number of rotatable bonds is 2. The minimum absolute atomic E-state index is 0.0910. The molecule has 2 heterocycles. The Bertz CT molecular complexity index is 574. The molecule has 1 unspecified atom stereocenters. The molecule has 2 amide bonds. The maximum atomic E-state index is 14.1. The number of hydrogen-bond acceptors (Lipinski definition) is 5. The van der Waals surface area contributed by atoms with Crippen LogP contribution in [0.1, 0.15) is 27.1 Å². The summed E-state index contributed by atoms with van der Waals surface area (Å²) >= 11 is 0. The summed E-state index contributed by atoms with van der Waals surface area (Å²) in [7, 11) is 0. The van der Waals surface area contributed by atoms with Crippen molar-refractivity contribution in [2.24, 2.45) is 0 Å². The summed E-state index contributed by atoms with van der Waals surface area (Å²) in [5.74, 6) is -2.84. The summed E-state index contributed by atoms with van der Waals surface area (Å²) in [6.45, 7) is -0.345. The zero-order chi connectivity index (χ0) is 14.3. The number of fused-ring (bicyclic) bond motifs is 1. The Morgan fingerprint density at radius 2 is 1.85 bits per heavy atom. The van der Waals surface area contributed by atoms with Crippen LogP contribution in [0.25, 0.3) is 0 Å². The molecular formula is C13H10FNO5. The smallest absolute Gasteiger partial charge is 0.372 e. The highest BCUT2D eigenvalue weighted by atomic mass is 19.1.